The minimum atomic E-state index is -0.742. The number of aromatic nitrogens is 3. The fraction of sp³-hybridized carbons (Fsp3) is 0.158. The number of benzene rings is 1. The highest BCUT2D eigenvalue weighted by molar-refractivity contribution is 9.10. The summed E-state index contributed by atoms with van der Waals surface area (Å²) in [6, 6.07) is 7.59. The Labute approximate surface area is 204 Å². The molecule has 0 bridgehead atoms. The molecule has 0 saturated heterocycles. The van der Waals surface area contributed by atoms with Crippen molar-refractivity contribution in [3.05, 3.63) is 66.9 Å². The molecule has 0 aliphatic heterocycles. The molecule has 3 rings (SSSR count). The van der Waals surface area contributed by atoms with Crippen LogP contribution in [0.4, 0.5) is 5.69 Å². The van der Waals surface area contributed by atoms with Gasteiger partial charge in [0, 0.05) is 22.8 Å². The summed E-state index contributed by atoms with van der Waals surface area (Å²) in [5.41, 5.74) is 0.470. The lowest BCUT2D eigenvalue weighted by molar-refractivity contribution is 0.0972. The van der Waals surface area contributed by atoms with E-state index in [0.29, 0.717) is 14.1 Å². The highest BCUT2D eigenvalue weighted by Gasteiger charge is 2.31. The number of anilines is 1. The number of carbonyl (C=O) groups is 2. The van der Waals surface area contributed by atoms with Gasteiger partial charge in [-0.05, 0) is 65.6 Å². The Hall–Kier alpha value is -1.45. The first-order valence-corrected chi connectivity index (χ1v) is 11.2. The summed E-state index contributed by atoms with van der Waals surface area (Å²) in [5, 5.41) is 4.06. The molecule has 0 aliphatic rings. The smallest absolute Gasteiger partial charge is 0.277 e. The number of nitrogens with zero attached hydrogens (tertiary/aromatic N) is 4. The van der Waals surface area contributed by atoms with Crippen LogP contribution in [-0.2, 0) is 0 Å². The van der Waals surface area contributed by atoms with E-state index in [1.807, 2.05) is 0 Å². The molecular formula is C19H13Br2Cl3N4O2. The second-order valence-electron chi connectivity index (χ2n) is 6.40. The maximum Gasteiger partial charge on any atom is 0.277 e. The van der Waals surface area contributed by atoms with Gasteiger partial charge in [-0.2, -0.15) is 5.10 Å². The molecule has 30 heavy (non-hydrogen) atoms. The summed E-state index contributed by atoms with van der Waals surface area (Å²) in [6.45, 7) is 3.59. The van der Waals surface area contributed by atoms with Crippen molar-refractivity contribution >= 4 is 83.5 Å². The highest BCUT2D eigenvalue weighted by Crippen LogP contribution is 2.37. The molecule has 0 fully saturated rings. The standard InChI is InChI=1S/C19H13Br2Cl3N4O2/c1-9(2)27(16-11(17(24)29)6-10(20)7-13(16)23)19(30)14-8-15(21)26-28(14)18-12(22)4-3-5-25-18/h3-9H,1-2H3. The minimum absolute atomic E-state index is 0.0964. The second kappa shape index (κ2) is 9.36. The van der Waals surface area contributed by atoms with Crippen LogP contribution >= 0.6 is 66.7 Å². The molecular weight excluding hydrogens is 582 g/mol. The van der Waals surface area contributed by atoms with Crippen LogP contribution in [0.25, 0.3) is 5.82 Å². The topological polar surface area (TPSA) is 68.1 Å². The Morgan fingerprint density at radius 3 is 2.43 bits per heavy atom. The molecule has 3 aromatic rings. The van der Waals surface area contributed by atoms with E-state index in [9.17, 15) is 9.59 Å². The SMILES string of the molecule is CC(C)N(C(=O)c1cc(Br)nn1-c1ncccc1Cl)c1c(Cl)cc(Br)cc1C(=O)Cl. The van der Waals surface area contributed by atoms with Gasteiger partial charge in [-0.3, -0.25) is 9.59 Å². The van der Waals surface area contributed by atoms with E-state index in [0.717, 1.165) is 0 Å². The molecule has 0 saturated carbocycles. The number of pyridine rings is 1. The third-order valence-electron chi connectivity index (χ3n) is 4.05. The maximum absolute atomic E-state index is 13.7. The molecule has 6 nitrogen and oxygen atoms in total. The average Bonchev–Trinajstić information content (AvgIpc) is 3.04. The van der Waals surface area contributed by atoms with Crippen molar-refractivity contribution < 1.29 is 9.59 Å². The van der Waals surface area contributed by atoms with E-state index in [2.05, 4.69) is 41.9 Å². The van der Waals surface area contributed by atoms with E-state index in [1.54, 1.807) is 38.2 Å². The van der Waals surface area contributed by atoms with Crippen LogP contribution in [-0.4, -0.2) is 32.0 Å². The van der Waals surface area contributed by atoms with Gasteiger partial charge in [0.15, 0.2) is 5.82 Å². The Bertz CT molecular complexity index is 1150. The predicted octanol–water partition coefficient (Wildman–Crippen LogP) is 6.53. The molecule has 1 amide bonds. The van der Waals surface area contributed by atoms with Crippen LogP contribution in [0, 0.1) is 0 Å². The fourth-order valence-corrected chi connectivity index (χ4v) is 4.50. The molecule has 1 aromatic carbocycles. The average molecular weight is 596 g/mol. The Morgan fingerprint density at radius 1 is 1.13 bits per heavy atom. The van der Waals surface area contributed by atoms with Crippen LogP contribution in [0.1, 0.15) is 34.7 Å². The molecule has 0 atom stereocenters. The van der Waals surface area contributed by atoms with Crippen LogP contribution < -0.4 is 4.90 Å². The third kappa shape index (κ3) is 4.57. The summed E-state index contributed by atoms with van der Waals surface area (Å²) in [7, 11) is 0. The van der Waals surface area contributed by atoms with Crippen molar-refractivity contribution in [3.8, 4) is 5.82 Å². The lowest BCUT2D eigenvalue weighted by Crippen LogP contribution is -2.39. The number of rotatable bonds is 5. The number of carbonyl (C=O) groups excluding carboxylic acids is 2. The van der Waals surface area contributed by atoms with Crippen molar-refractivity contribution in [2.45, 2.75) is 19.9 Å². The largest absolute Gasteiger partial charge is 0.302 e. The van der Waals surface area contributed by atoms with Gasteiger partial charge in [0.2, 0.25) is 0 Å². The van der Waals surface area contributed by atoms with Gasteiger partial charge in [0.1, 0.15) is 10.3 Å². The zero-order valence-corrected chi connectivity index (χ0v) is 21.0. The van der Waals surface area contributed by atoms with Crippen LogP contribution in [0.2, 0.25) is 10.0 Å². The maximum atomic E-state index is 13.7. The lowest BCUT2D eigenvalue weighted by atomic mass is 10.1. The molecule has 156 valence electrons. The summed E-state index contributed by atoms with van der Waals surface area (Å²) in [6.07, 6.45) is 1.54. The van der Waals surface area contributed by atoms with Crippen molar-refractivity contribution in [2.24, 2.45) is 0 Å². The van der Waals surface area contributed by atoms with E-state index < -0.39 is 11.1 Å². The molecule has 0 aliphatic carbocycles. The fourth-order valence-electron chi connectivity index (χ4n) is 2.88. The monoisotopic (exact) mass is 592 g/mol. The van der Waals surface area contributed by atoms with Gasteiger partial charge < -0.3 is 4.90 Å². The number of hydrogen-bond acceptors (Lipinski definition) is 4. The van der Waals surface area contributed by atoms with Gasteiger partial charge in [-0.25, -0.2) is 9.67 Å². The molecule has 0 unspecified atom stereocenters. The van der Waals surface area contributed by atoms with Gasteiger partial charge in [-0.1, -0.05) is 39.1 Å². The zero-order chi connectivity index (χ0) is 22.2. The zero-order valence-electron chi connectivity index (χ0n) is 15.5. The quantitative estimate of drug-likeness (QED) is 0.315. The number of amides is 1. The van der Waals surface area contributed by atoms with Crippen molar-refractivity contribution in [1.82, 2.24) is 14.8 Å². The Morgan fingerprint density at radius 2 is 1.83 bits per heavy atom. The normalized spacial score (nSPS) is 11.1. The summed E-state index contributed by atoms with van der Waals surface area (Å²) >= 11 is 25.1. The number of hydrogen-bond donors (Lipinski definition) is 0. The minimum Gasteiger partial charge on any atom is -0.302 e. The molecule has 0 radical (unpaired) electrons. The van der Waals surface area contributed by atoms with E-state index in [-0.39, 0.29) is 33.8 Å². The summed E-state index contributed by atoms with van der Waals surface area (Å²) in [5.74, 6) is -0.180. The van der Waals surface area contributed by atoms with E-state index in [4.69, 9.17) is 34.8 Å². The molecule has 2 aromatic heterocycles. The van der Waals surface area contributed by atoms with Gasteiger partial charge in [-0.15, -0.1) is 0 Å². The van der Waals surface area contributed by atoms with Crippen LogP contribution in [0.3, 0.4) is 0 Å². The van der Waals surface area contributed by atoms with Crippen molar-refractivity contribution in [1.29, 1.82) is 0 Å². The van der Waals surface area contributed by atoms with E-state index >= 15 is 0 Å². The Kier molecular flexibility index (Phi) is 7.24. The van der Waals surface area contributed by atoms with Gasteiger partial charge in [0.05, 0.1) is 21.3 Å². The van der Waals surface area contributed by atoms with Crippen molar-refractivity contribution in [3.63, 3.8) is 0 Å². The molecule has 0 spiro atoms. The molecule has 2 heterocycles. The van der Waals surface area contributed by atoms with Gasteiger partial charge >= 0.3 is 0 Å². The molecule has 0 N–H and O–H groups in total. The third-order valence-corrected chi connectivity index (χ3v) is 5.69. The molecule has 11 heteroatoms. The first kappa shape index (κ1) is 23.2. The first-order chi connectivity index (χ1) is 14.1. The van der Waals surface area contributed by atoms with Crippen LogP contribution in [0.15, 0.2) is 45.6 Å². The number of halogens is 5. The predicted molar refractivity (Wildman–Crippen MR) is 125 cm³/mol. The van der Waals surface area contributed by atoms with Gasteiger partial charge in [0.25, 0.3) is 11.1 Å². The summed E-state index contributed by atoms with van der Waals surface area (Å²) in [4.78, 5) is 31.4. The summed E-state index contributed by atoms with van der Waals surface area (Å²) < 4.78 is 2.30. The highest BCUT2D eigenvalue weighted by atomic mass is 79.9. The van der Waals surface area contributed by atoms with Crippen molar-refractivity contribution in [2.75, 3.05) is 4.90 Å². The second-order valence-corrected chi connectivity index (χ2v) is 9.29. The lowest BCUT2D eigenvalue weighted by Gasteiger charge is -2.29. The Balaban J connectivity index is 2.22. The van der Waals surface area contributed by atoms with Crippen LogP contribution in [0.5, 0.6) is 0 Å². The van der Waals surface area contributed by atoms with E-state index in [1.165, 1.54) is 21.7 Å². The first-order valence-electron chi connectivity index (χ1n) is 8.50.